The molecular weight excluding hydrogens is 624 g/mol. The number of rotatable bonds is 3. The number of imidazole rings is 1. The van der Waals surface area contributed by atoms with E-state index in [1.807, 2.05) is 0 Å². The van der Waals surface area contributed by atoms with Crippen LogP contribution in [0.3, 0.4) is 0 Å². The molecule has 3 aromatic rings. The van der Waals surface area contributed by atoms with E-state index in [2.05, 4.69) is 47.5 Å². The van der Waals surface area contributed by atoms with Gasteiger partial charge in [-0.3, -0.25) is 18.9 Å². The van der Waals surface area contributed by atoms with Crippen LogP contribution in [0.1, 0.15) is 19.1 Å². The number of anilines is 2. The number of aromatic amines is 1. The summed E-state index contributed by atoms with van der Waals surface area (Å²) in [6, 6.07) is -0.206. The maximum Gasteiger partial charge on any atom is 0.386 e. The van der Waals surface area contributed by atoms with Gasteiger partial charge in [0.15, 0.2) is 17.4 Å². The maximum atomic E-state index is 13.4. The van der Waals surface area contributed by atoms with Gasteiger partial charge in [-0.1, -0.05) is 12.2 Å². The summed E-state index contributed by atoms with van der Waals surface area (Å²) in [6.07, 6.45) is -1.10. The molecule has 0 aromatic carbocycles. The van der Waals surface area contributed by atoms with E-state index in [0.29, 0.717) is 18.8 Å². The minimum atomic E-state index is -4.14. The molecule has 41 heavy (non-hydrogen) atoms. The molecule has 6 N–H and O–H groups in total. The SMILES string of the molecule is Nc1nc2c(ncn2[C@@H]2O[C@@H]3COP(O)(=S)O[C@H]4C[C@H](Nc5ncncn5)C[C@@H]4COP(=O)(S)O[C@@H]2[C@@H]3O)c(=O)[nH]1. The van der Waals surface area contributed by atoms with Gasteiger partial charge in [0.2, 0.25) is 11.9 Å². The summed E-state index contributed by atoms with van der Waals surface area (Å²) < 4.78 is 43.5. The van der Waals surface area contributed by atoms with Gasteiger partial charge < -0.3 is 39.4 Å². The van der Waals surface area contributed by atoms with Crippen LogP contribution in [0.25, 0.3) is 11.2 Å². The second-order valence-electron chi connectivity index (χ2n) is 9.61. The number of nitrogens with two attached hydrogens (primary N) is 1. The van der Waals surface area contributed by atoms with E-state index in [0.717, 1.165) is 0 Å². The second-order valence-corrected chi connectivity index (χ2v) is 15.3. The van der Waals surface area contributed by atoms with Crippen molar-refractivity contribution in [1.82, 2.24) is 34.5 Å². The fourth-order valence-electron chi connectivity index (χ4n) is 5.07. The lowest BCUT2D eigenvalue weighted by Gasteiger charge is -2.27. The number of ether oxygens (including phenoxy) is 1. The molecule has 1 aliphatic carbocycles. The van der Waals surface area contributed by atoms with Crippen molar-refractivity contribution in [2.75, 3.05) is 24.3 Å². The average molecular weight is 650 g/mol. The first-order valence-corrected chi connectivity index (χ1v) is 17.5. The number of nitrogens with one attached hydrogen (secondary N) is 2. The van der Waals surface area contributed by atoms with E-state index < -0.39 is 62.2 Å². The zero-order valence-electron chi connectivity index (χ0n) is 20.9. The van der Waals surface area contributed by atoms with Crippen LogP contribution in [-0.4, -0.2) is 88.1 Å². The number of fused-ring (bicyclic) bond motifs is 4. The van der Waals surface area contributed by atoms with Gasteiger partial charge >= 0.3 is 13.5 Å². The summed E-state index contributed by atoms with van der Waals surface area (Å²) in [4.78, 5) is 45.6. The first kappa shape index (κ1) is 29.0. The number of nitrogen functional groups attached to an aromatic ring is 1. The smallest absolute Gasteiger partial charge is 0.386 e. The van der Waals surface area contributed by atoms with Crippen molar-refractivity contribution in [2.24, 2.45) is 5.92 Å². The van der Waals surface area contributed by atoms with Gasteiger partial charge in [-0.2, -0.15) is 4.98 Å². The van der Waals surface area contributed by atoms with Gasteiger partial charge in [0, 0.05) is 12.0 Å². The summed E-state index contributed by atoms with van der Waals surface area (Å²) in [5, 5.41) is 14.3. The molecule has 18 nitrogen and oxygen atoms in total. The molecular formula is C19H25N9O9P2S2. The van der Waals surface area contributed by atoms with Gasteiger partial charge in [0.25, 0.3) is 5.56 Å². The summed E-state index contributed by atoms with van der Waals surface area (Å²) in [6.45, 7) is -8.57. The monoisotopic (exact) mass is 649 g/mol. The number of hydrogen-bond acceptors (Lipinski definition) is 16. The Morgan fingerprint density at radius 3 is 2.73 bits per heavy atom. The molecule has 1 saturated carbocycles. The fraction of sp³-hybridized carbons (Fsp3) is 0.579. The Kier molecular flexibility index (Phi) is 7.92. The quantitative estimate of drug-likeness (QED) is 0.163. The van der Waals surface area contributed by atoms with Crippen LogP contribution in [0.2, 0.25) is 0 Å². The van der Waals surface area contributed by atoms with E-state index in [-0.39, 0.29) is 29.8 Å². The van der Waals surface area contributed by atoms with Crippen LogP contribution in [0.5, 0.6) is 0 Å². The Labute approximate surface area is 241 Å². The van der Waals surface area contributed by atoms with Crippen molar-refractivity contribution in [2.45, 2.75) is 49.5 Å². The molecule has 0 spiro atoms. The number of thiol groups is 1. The molecule has 5 heterocycles. The van der Waals surface area contributed by atoms with Crippen molar-refractivity contribution in [3.63, 3.8) is 0 Å². The third kappa shape index (κ3) is 6.18. The standard InChI is InChI=1S/C19H25N9O9P2S2/c20-18-26-15-12(16(30)27-18)24-7-28(15)17-14-13(29)11(35-17)4-34-38(31,40)36-10-2-9(25-19-22-5-21-6-23-19)1-8(10)3-33-39(32,41)37-14/h5-11,13-14,17,29H,1-4H2,(H,31,40)(H,32,41)(H3,20,26,27,30)(H,21,22,23,25)/t8-,9-,10+,11-,13-,14-,17-,38?,39?/m1/s1. The minimum Gasteiger partial charge on any atom is -0.387 e. The third-order valence-electron chi connectivity index (χ3n) is 6.87. The minimum absolute atomic E-state index is 0.0239. The lowest BCUT2D eigenvalue weighted by atomic mass is 10.1. The number of aromatic nitrogens is 7. The van der Waals surface area contributed by atoms with Gasteiger partial charge in [0.05, 0.1) is 25.6 Å². The molecule has 2 aliphatic heterocycles. The number of aliphatic hydroxyl groups excluding tert-OH is 1. The van der Waals surface area contributed by atoms with E-state index in [9.17, 15) is 19.4 Å². The van der Waals surface area contributed by atoms with Crippen molar-refractivity contribution in [3.05, 3.63) is 29.3 Å². The Hall–Kier alpha value is -2.09. The molecule has 9 atom stereocenters. The predicted octanol–water partition coefficient (Wildman–Crippen LogP) is 0.108. The zero-order chi connectivity index (χ0) is 28.9. The average Bonchev–Trinajstić information content (AvgIpc) is 3.57. The normalized spacial score (nSPS) is 38.1. The van der Waals surface area contributed by atoms with Crippen LogP contribution in [0.4, 0.5) is 11.9 Å². The predicted molar refractivity (Wildman–Crippen MR) is 147 cm³/mol. The van der Waals surface area contributed by atoms with Gasteiger partial charge in [-0.05, 0) is 24.6 Å². The Balaban J connectivity index is 1.28. The molecule has 2 bridgehead atoms. The van der Waals surface area contributed by atoms with Crippen molar-refractivity contribution in [1.29, 1.82) is 0 Å². The van der Waals surface area contributed by atoms with E-state index in [4.69, 9.17) is 40.4 Å². The first-order chi connectivity index (χ1) is 19.5. The number of aliphatic hydroxyl groups is 1. The van der Waals surface area contributed by atoms with Crippen LogP contribution in [-0.2, 0) is 39.2 Å². The first-order valence-electron chi connectivity index (χ1n) is 12.2. The highest BCUT2D eigenvalue weighted by Gasteiger charge is 2.50. The van der Waals surface area contributed by atoms with Crippen LogP contribution in [0, 0.1) is 5.92 Å². The molecule has 22 heteroatoms. The summed E-state index contributed by atoms with van der Waals surface area (Å²) in [7, 11) is 0. The lowest BCUT2D eigenvalue weighted by molar-refractivity contribution is -0.0502. The second kappa shape index (κ2) is 11.2. The molecule has 2 unspecified atom stereocenters. The molecule has 0 radical (unpaired) electrons. The molecule has 3 fully saturated rings. The van der Waals surface area contributed by atoms with Gasteiger partial charge in [-0.15, -0.1) is 0 Å². The molecule has 6 rings (SSSR count). The van der Waals surface area contributed by atoms with E-state index in [1.165, 1.54) is 23.5 Å². The Bertz CT molecular complexity index is 1580. The molecule has 222 valence electrons. The highest BCUT2D eigenvalue weighted by Crippen LogP contribution is 2.58. The van der Waals surface area contributed by atoms with Crippen molar-refractivity contribution in [3.8, 4) is 0 Å². The van der Waals surface area contributed by atoms with Crippen molar-refractivity contribution >= 4 is 60.6 Å². The fourth-order valence-corrected chi connectivity index (χ4v) is 8.09. The van der Waals surface area contributed by atoms with E-state index >= 15 is 0 Å². The number of nitrogens with zero attached hydrogens (tertiary/aromatic N) is 6. The van der Waals surface area contributed by atoms with Gasteiger partial charge in [0.1, 0.15) is 31.0 Å². The summed E-state index contributed by atoms with van der Waals surface area (Å²) >= 11 is 9.40. The molecule has 3 aromatic heterocycles. The molecule has 2 saturated heterocycles. The number of hydrogen-bond donors (Lipinski definition) is 6. The Morgan fingerprint density at radius 1 is 1.17 bits per heavy atom. The maximum absolute atomic E-state index is 13.4. The largest absolute Gasteiger partial charge is 0.387 e. The van der Waals surface area contributed by atoms with Crippen LogP contribution in [0.15, 0.2) is 23.8 Å². The summed E-state index contributed by atoms with van der Waals surface area (Å²) in [5.41, 5.74) is 5.08. The topological polar surface area (TPSA) is 244 Å². The zero-order valence-corrected chi connectivity index (χ0v) is 24.4. The number of H-pyrrole nitrogens is 1. The van der Waals surface area contributed by atoms with Crippen LogP contribution < -0.4 is 16.6 Å². The molecule has 3 aliphatic rings. The third-order valence-corrected chi connectivity index (χ3v) is 10.1. The summed E-state index contributed by atoms with van der Waals surface area (Å²) in [5.74, 6) is -0.248. The van der Waals surface area contributed by atoms with Gasteiger partial charge in [-0.25, -0.2) is 24.5 Å². The van der Waals surface area contributed by atoms with Crippen molar-refractivity contribution < 1.29 is 37.4 Å². The van der Waals surface area contributed by atoms with Crippen LogP contribution >= 0.6 is 25.8 Å². The highest BCUT2D eigenvalue weighted by atomic mass is 32.7. The Morgan fingerprint density at radius 2 is 1.95 bits per heavy atom. The highest BCUT2D eigenvalue weighted by molar-refractivity contribution is 8.44. The lowest BCUT2D eigenvalue weighted by Crippen LogP contribution is -2.35. The van der Waals surface area contributed by atoms with E-state index in [1.54, 1.807) is 0 Å². The molecule has 0 amide bonds.